The average Bonchev–Trinajstić information content (AvgIpc) is 2.41. The molecule has 23 heavy (non-hydrogen) atoms. The third-order valence-electron chi connectivity index (χ3n) is 3.01. The van der Waals surface area contributed by atoms with Crippen LogP contribution in [0.4, 0.5) is 22.0 Å². The van der Waals surface area contributed by atoms with Crippen molar-refractivity contribution in [3.8, 4) is 0 Å². The third kappa shape index (κ3) is 3.93. The van der Waals surface area contributed by atoms with E-state index in [2.05, 4.69) is 4.98 Å². The Hall–Kier alpha value is -2.26. The Morgan fingerprint density at radius 1 is 1.13 bits per heavy atom. The Kier molecular flexibility index (Phi) is 5.62. The van der Waals surface area contributed by atoms with Gasteiger partial charge in [0.1, 0.15) is 5.69 Å². The predicted octanol–water partition coefficient (Wildman–Crippen LogP) is 3.78. The number of aromatic nitrogens is 1. The Balaban J connectivity index is 3.92. The molecule has 2 N–H and O–H groups in total. The summed E-state index contributed by atoms with van der Waals surface area (Å²) in [5.74, 6) is -4.02. The van der Waals surface area contributed by atoms with Gasteiger partial charge in [0.15, 0.2) is 5.69 Å². The highest BCUT2D eigenvalue weighted by molar-refractivity contribution is 5.98. The molecule has 1 rings (SSSR count). The van der Waals surface area contributed by atoms with Crippen LogP contribution in [0, 0.1) is 0 Å². The van der Waals surface area contributed by atoms with Gasteiger partial charge in [0, 0.05) is 0 Å². The minimum absolute atomic E-state index is 0.130. The smallest absolute Gasteiger partial charge is 0.434 e. The van der Waals surface area contributed by atoms with Crippen LogP contribution in [0.15, 0.2) is 0 Å². The summed E-state index contributed by atoms with van der Waals surface area (Å²) in [5, 5.41) is 18.1. The zero-order valence-corrected chi connectivity index (χ0v) is 11.7. The molecule has 0 bridgehead atoms. The quantitative estimate of drug-likeness (QED) is 0.769. The standard InChI is InChI=1S/C13H12F5NO4/c1-2-3-4-5-6(11(20)21)8(10(14)15)19-9(13(16,17)18)7(5)12(22)23/h10H,2-4H2,1H3,(H,20,21)(H,22,23). The summed E-state index contributed by atoms with van der Waals surface area (Å²) in [6.07, 6.45) is -8.78. The molecule has 0 aliphatic rings. The van der Waals surface area contributed by atoms with E-state index in [1.54, 1.807) is 6.92 Å². The van der Waals surface area contributed by atoms with Crippen LogP contribution in [0.5, 0.6) is 0 Å². The summed E-state index contributed by atoms with van der Waals surface area (Å²) in [7, 11) is 0. The van der Waals surface area contributed by atoms with Crippen LogP contribution in [-0.4, -0.2) is 27.1 Å². The van der Waals surface area contributed by atoms with E-state index in [1.807, 2.05) is 0 Å². The van der Waals surface area contributed by atoms with Gasteiger partial charge in [0.05, 0.1) is 11.1 Å². The van der Waals surface area contributed by atoms with E-state index in [4.69, 9.17) is 10.2 Å². The second-order valence-corrected chi connectivity index (χ2v) is 4.59. The number of carbonyl (C=O) groups is 2. The van der Waals surface area contributed by atoms with Gasteiger partial charge >= 0.3 is 18.1 Å². The van der Waals surface area contributed by atoms with Crippen LogP contribution in [0.3, 0.4) is 0 Å². The summed E-state index contributed by atoms with van der Waals surface area (Å²) in [6.45, 7) is 1.63. The van der Waals surface area contributed by atoms with Gasteiger partial charge in [-0.1, -0.05) is 13.3 Å². The molecular formula is C13H12F5NO4. The van der Waals surface area contributed by atoms with Crippen molar-refractivity contribution in [3.63, 3.8) is 0 Å². The van der Waals surface area contributed by atoms with Crippen LogP contribution in [0.25, 0.3) is 0 Å². The maximum absolute atomic E-state index is 13.0. The van der Waals surface area contributed by atoms with Crippen LogP contribution in [0.2, 0.25) is 0 Å². The summed E-state index contributed by atoms with van der Waals surface area (Å²) in [4.78, 5) is 25.0. The third-order valence-corrected chi connectivity index (χ3v) is 3.01. The molecule has 0 aromatic carbocycles. The van der Waals surface area contributed by atoms with Crippen LogP contribution in [0.1, 0.15) is 63.9 Å². The number of hydrogen-bond donors (Lipinski definition) is 2. The molecule has 128 valence electrons. The number of unbranched alkanes of at least 4 members (excludes halogenated alkanes) is 1. The van der Waals surface area contributed by atoms with Gasteiger partial charge in [0.2, 0.25) is 0 Å². The lowest BCUT2D eigenvalue weighted by atomic mass is 9.93. The van der Waals surface area contributed by atoms with E-state index < -0.39 is 59.0 Å². The highest BCUT2D eigenvalue weighted by Crippen LogP contribution is 2.37. The van der Waals surface area contributed by atoms with Crippen molar-refractivity contribution in [2.24, 2.45) is 0 Å². The molecule has 1 aromatic rings. The maximum Gasteiger partial charge on any atom is 0.434 e. The molecule has 0 saturated heterocycles. The SMILES string of the molecule is CCCCc1c(C(=O)O)c(C(F)F)nc(C(F)(F)F)c1C(=O)O. The fourth-order valence-corrected chi connectivity index (χ4v) is 2.09. The number of rotatable bonds is 6. The zero-order chi connectivity index (χ0) is 17.9. The molecule has 0 amide bonds. The van der Waals surface area contributed by atoms with Crippen molar-refractivity contribution in [2.75, 3.05) is 0 Å². The molecule has 0 saturated carbocycles. The summed E-state index contributed by atoms with van der Waals surface area (Å²) < 4.78 is 64.8. The van der Waals surface area contributed by atoms with E-state index in [1.165, 1.54) is 0 Å². The van der Waals surface area contributed by atoms with E-state index >= 15 is 0 Å². The summed E-state index contributed by atoms with van der Waals surface area (Å²) in [5.41, 5.74) is -6.96. The number of carboxylic acids is 2. The van der Waals surface area contributed by atoms with Crippen molar-refractivity contribution < 1.29 is 41.8 Å². The van der Waals surface area contributed by atoms with Crippen LogP contribution in [-0.2, 0) is 12.6 Å². The molecule has 1 aromatic heterocycles. The Labute approximate surface area is 126 Å². The monoisotopic (exact) mass is 341 g/mol. The Bertz CT molecular complexity index is 628. The minimum atomic E-state index is -5.31. The lowest BCUT2D eigenvalue weighted by Gasteiger charge is -2.18. The van der Waals surface area contributed by atoms with E-state index in [0.717, 1.165) is 0 Å². The molecule has 1 heterocycles. The minimum Gasteiger partial charge on any atom is -0.478 e. The van der Waals surface area contributed by atoms with E-state index in [9.17, 15) is 31.5 Å². The van der Waals surface area contributed by atoms with Gasteiger partial charge in [-0.05, 0) is 18.4 Å². The molecule has 0 unspecified atom stereocenters. The number of halogens is 5. The number of hydrogen-bond acceptors (Lipinski definition) is 3. The number of alkyl halides is 5. The lowest BCUT2D eigenvalue weighted by Crippen LogP contribution is -2.23. The highest BCUT2D eigenvalue weighted by Gasteiger charge is 2.42. The number of carboxylic acid groups (broad SMARTS) is 2. The Morgan fingerprint density at radius 2 is 1.65 bits per heavy atom. The van der Waals surface area contributed by atoms with Gasteiger partial charge in [-0.15, -0.1) is 0 Å². The van der Waals surface area contributed by atoms with Crippen LogP contribution < -0.4 is 0 Å². The van der Waals surface area contributed by atoms with Crippen molar-refractivity contribution in [2.45, 2.75) is 38.8 Å². The first-order valence-electron chi connectivity index (χ1n) is 6.41. The molecule has 10 heteroatoms. The number of nitrogens with zero attached hydrogens (tertiary/aromatic N) is 1. The second kappa shape index (κ2) is 6.88. The van der Waals surface area contributed by atoms with Gasteiger partial charge in [-0.2, -0.15) is 13.2 Å². The topological polar surface area (TPSA) is 87.5 Å². The Morgan fingerprint density at radius 3 is 2.00 bits per heavy atom. The zero-order valence-electron chi connectivity index (χ0n) is 11.7. The van der Waals surface area contributed by atoms with Gasteiger partial charge in [-0.25, -0.2) is 23.4 Å². The largest absolute Gasteiger partial charge is 0.478 e. The molecule has 0 fully saturated rings. The lowest BCUT2D eigenvalue weighted by molar-refractivity contribution is -0.142. The van der Waals surface area contributed by atoms with Gasteiger partial charge < -0.3 is 10.2 Å². The van der Waals surface area contributed by atoms with Crippen molar-refractivity contribution in [3.05, 3.63) is 28.1 Å². The summed E-state index contributed by atoms with van der Waals surface area (Å²) >= 11 is 0. The first-order valence-corrected chi connectivity index (χ1v) is 6.41. The molecule has 0 aliphatic carbocycles. The molecular weight excluding hydrogens is 329 g/mol. The van der Waals surface area contributed by atoms with Gasteiger partial charge in [-0.3, -0.25) is 0 Å². The normalized spacial score (nSPS) is 11.8. The fourth-order valence-electron chi connectivity index (χ4n) is 2.09. The fraction of sp³-hybridized carbons (Fsp3) is 0.462. The maximum atomic E-state index is 13.0. The molecule has 0 radical (unpaired) electrons. The first kappa shape index (κ1) is 18.8. The van der Waals surface area contributed by atoms with Crippen molar-refractivity contribution in [1.29, 1.82) is 0 Å². The molecule has 5 nitrogen and oxygen atoms in total. The van der Waals surface area contributed by atoms with Crippen molar-refractivity contribution in [1.82, 2.24) is 4.98 Å². The van der Waals surface area contributed by atoms with E-state index in [-0.39, 0.29) is 6.42 Å². The van der Waals surface area contributed by atoms with Crippen molar-refractivity contribution >= 4 is 11.9 Å². The number of aromatic carboxylic acids is 2. The molecule has 0 atom stereocenters. The van der Waals surface area contributed by atoms with Gasteiger partial charge in [0.25, 0.3) is 6.43 Å². The second-order valence-electron chi connectivity index (χ2n) is 4.59. The number of pyridine rings is 1. The summed E-state index contributed by atoms with van der Waals surface area (Å²) in [6, 6.07) is 0. The van der Waals surface area contributed by atoms with Crippen LogP contribution >= 0.6 is 0 Å². The average molecular weight is 341 g/mol. The highest BCUT2D eigenvalue weighted by atomic mass is 19.4. The predicted molar refractivity (Wildman–Crippen MR) is 66.7 cm³/mol. The van der Waals surface area contributed by atoms with E-state index in [0.29, 0.717) is 6.42 Å². The first-order chi connectivity index (χ1) is 10.5. The molecule has 0 aliphatic heterocycles. The molecule has 0 spiro atoms.